The Kier molecular flexibility index (Phi) is 4.73. The number of hydrogen-bond acceptors (Lipinski definition) is 4. The van der Waals surface area contributed by atoms with E-state index in [-0.39, 0.29) is 12.0 Å². The molecule has 1 aromatic carbocycles. The first-order chi connectivity index (χ1) is 8.81. The van der Waals surface area contributed by atoms with Crippen LogP contribution in [-0.2, 0) is 16.1 Å². The first-order valence-electron chi connectivity index (χ1n) is 6.46. The predicted octanol–water partition coefficient (Wildman–Crippen LogP) is 1.50. The minimum absolute atomic E-state index is 0.149. The number of benzene rings is 1. The van der Waals surface area contributed by atoms with Gasteiger partial charge in [0.05, 0.1) is 0 Å². The van der Waals surface area contributed by atoms with Crippen LogP contribution in [-0.4, -0.2) is 30.1 Å². The van der Waals surface area contributed by atoms with Crippen molar-refractivity contribution < 1.29 is 9.53 Å². The highest BCUT2D eigenvalue weighted by molar-refractivity contribution is 5.75. The average Bonchev–Trinajstić information content (AvgIpc) is 2.45. The second-order valence-electron chi connectivity index (χ2n) is 4.60. The molecule has 2 N–H and O–H groups in total. The smallest absolute Gasteiger partial charge is 0.323 e. The van der Waals surface area contributed by atoms with E-state index >= 15 is 0 Å². The number of ether oxygens (including phenoxy) is 1. The van der Waals surface area contributed by atoms with Gasteiger partial charge in [-0.2, -0.15) is 0 Å². The molecule has 1 aromatic rings. The standard InChI is InChI=1S/C14H20N2O2/c15-11-16-9-5-4-8-13(16)14(17)18-10-12-6-2-1-3-7-12/h1-3,6-7,13H,4-5,8-11,15H2/t13-/m1/s1. The van der Waals surface area contributed by atoms with Crippen LogP contribution in [0.25, 0.3) is 0 Å². The first kappa shape index (κ1) is 13.1. The molecule has 1 fully saturated rings. The highest BCUT2D eigenvalue weighted by atomic mass is 16.5. The minimum Gasteiger partial charge on any atom is -0.460 e. The van der Waals surface area contributed by atoms with Gasteiger partial charge in [0.2, 0.25) is 0 Å². The molecule has 0 saturated carbocycles. The maximum atomic E-state index is 12.0. The molecule has 0 spiro atoms. The van der Waals surface area contributed by atoms with Crippen molar-refractivity contribution in [1.82, 2.24) is 4.90 Å². The molecule has 0 aliphatic carbocycles. The van der Waals surface area contributed by atoms with Gasteiger partial charge in [0.1, 0.15) is 12.6 Å². The zero-order valence-corrected chi connectivity index (χ0v) is 10.5. The van der Waals surface area contributed by atoms with Crippen molar-refractivity contribution in [3.63, 3.8) is 0 Å². The SMILES string of the molecule is NCN1CCCC[C@@H]1C(=O)OCc1ccccc1. The molecule has 1 heterocycles. The quantitative estimate of drug-likeness (QED) is 0.820. The van der Waals surface area contributed by atoms with Crippen molar-refractivity contribution >= 4 is 5.97 Å². The van der Waals surface area contributed by atoms with Crippen LogP contribution in [0.5, 0.6) is 0 Å². The summed E-state index contributed by atoms with van der Waals surface area (Å²) in [5.74, 6) is -0.149. The number of rotatable bonds is 4. The molecule has 4 heteroatoms. The minimum atomic E-state index is -0.160. The van der Waals surface area contributed by atoms with Crippen molar-refractivity contribution in [3.05, 3.63) is 35.9 Å². The number of likely N-dealkylation sites (tertiary alicyclic amines) is 1. The van der Waals surface area contributed by atoms with Crippen LogP contribution in [0.15, 0.2) is 30.3 Å². The van der Waals surface area contributed by atoms with E-state index in [0.717, 1.165) is 31.4 Å². The zero-order chi connectivity index (χ0) is 12.8. The fourth-order valence-electron chi connectivity index (χ4n) is 2.30. The fourth-order valence-corrected chi connectivity index (χ4v) is 2.30. The Balaban J connectivity index is 1.87. The summed E-state index contributed by atoms with van der Waals surface area (Å²) < 4.78 is 5.36. The van der Waals surface area contributed by atoms with Crippen LogP contribution in [0.2, 0.25) is 0 Å². The first-order valence-corrected chi connectivity index (χ1v) is 6.46. The summed E-state index contributed by atoms with van der Waals surface area (Å²) in [4.78, 5) is 14.0. The van der Waals surface area contributed by atoms with Crippen LogP contribution in [0, 0.1) is 0 Å². The Morgan fingerprint density at radius 1 is 1.33 bits per heavy atom. The van der Waals surface area contributed by atoms with Gasteiger partial charge < -0.3 is 10.5 Å². The van der Waals surface area contributed by atoms with Crippen LogP contribution >= 0.6 is 0 Å². The summed E-state index contributed by atoms with van der Waals surface area (Å²) in [6.07, 6.45) is 3.03. The highest BCUT2D eigenvalue weighted by Crippen LogP contribution is 2.17. The van der Waals surface area contributed by atoms with E-state index in [9.17, 15) is 4.79 Å². The number of carbonyl (C=O) groups is 1. The highest BCUT2D eigenvalue weighted by Gasteiger charge is 2.28. The molecular weight excluding hydrogens is 228 g/mol. The van der Waals surface area contributed by atoms with E-state index in [1.165, 1.54) is 0 Å². The third-order valence-corrected chi connectivity index (χ3v) is 3.34. The molecule has 0 bridgehead atoms. The van der Waals surface area contributed by atoms with E-state index in [2.05, 4.69) is 0 Å². The zero-order valence-electron chi connectivity index (χ0n) is 10.5. The molecule has 0 amide bonds. The lowest BCUT2D eigenvalue weighted by Gasteiger charge is -2.32. The van der Waals surface area contributed by atoms with E-state index < -0.39 is 0 Å². The van der Waals surface area contributed by atoms with Crippen molar-refractivity contribution in [3.8, 4) is 0 Å². The van der Waals surface area contributed by atoms with E-state index in [0.29, 0.717) is 13.3 Å². The molecule has 1 aliphatic rings. The summed E-state index contributed by atoms with van der Waals surface area (Å²) in [5.41, 5.74) is 6.67. The Hall–Kier alpha value is -1.39. The van der Waals surface area contributed by atoms with Crippen LogP contribution in [0.4, 0.5) is 0 Å². The van der Waals surface area contributed by atoms with Gasteiger partial charge in [0.15, 0.2) is 0 Å². The summed E-state index contributed by atoms with van der Waals surface area (Å²) >= 11 is 0. The summed E-state index contributed by atoms with van der Waals surface area (Å²) in [6, 6.07) is 9.57. The lowest BCUT2D eigenvalue weighted by atomic mass is 10.0. The molecule has 98 valence electrons. The van der Waals surface area contributed by atoms with Gasteiger partial charge in [0.25, 0.3) is 0 Å². The molecule has 2 rings (SSSR count). The Bertz CT molecular complexity index is 381. The topological polar surface area (TPSA) is 55.6 Å². The van der Waals surface area contributed by atoms with Gasteiger partial charge in [0, 0.05) is 13.2 Å². The third kappa shape index (κ3) is 3.31. The third-order valence-electron chi connectivity index (χ3n) is 3.34. The summed E-state index contributed by atoms with van der Waals surface area (Å²) in [6.45, 7) is 1.65. The normalized spacial score (nSPS) is 20.6. The predicted molar refractivity (Wildman–Crippen MR) is 69.6 cm³/mol. The van der Waals surface area contributed by atoms with Crippen molar-refractivity contribution in [1.29, 1.82) is 0 Å². The number of nitrogens with zero attached hydrogens (tertiary/aromatic N) is 1. The number of carbonyl (C=O) groups excluding carboxylic acids is 1. The van der Waals surface area contributed by atoms with E-state index in [4.69, 9.17) is 10.5 Å². The van der Waals surface area contributed by atoms with Gasteiger partial charge in [-0.15, -0.1) is 0 Å². The second-order valence-corrected chi connectivity index (χ2v) is 4.60. The molecule has 0 unspecified atom stereocenters. The number of hydrogen-bond donors (Lipinski definition) is 1. The molecule has 1 atom stereocenters. The number of piperidine rings is 1. The van der Waals surface area contributed by atoms with Gasteiger partial charge in [-0.3, -0.25) is 9.69 Å². The maximum absolute atomic E-state index is 12.0. The Morgan fingerprint density at radius 2 is 2.11 bits per heavy atom. The van der Waals surface area contributed by atoms with Gasteiger partial charge in [-0.05, 0) is 18.4 Å². The average molecular weight is 248 g/mol. The lowest BCUT2D eigenvalue weighted by Crippen LogP contribution is -2.47. The largest absolute Gasteiger partial charge is 0.460 e. The lowest BCUT2D eigenvalue weighted by molar-refractivity contribution is -0.152. The number of esters is 1. The molecule has 0 aromatic heterocycles. The summed E-state index contributed by atoms with van der Waals surface area (Å²) in [7, 11) is 0. The molecular formula is C14H20N2O2. The van der Waals surface area contributed by atoms with Crippen LogP contribution < -0.4 is 5.73 Å². The molecule has 18 heavy (non-hydrogen) atoms. The fraction of sp³-hybridized carbons (Fsp3) is 0.500. The van der Waals surface area contributed by atoms with Crippen LogP contribution in [0.1, 0.15) is 24.8 Å². The monoisotopic (exact) mass is 248 g/mol. The van der Waals surface area contributed by atoms with E-state index in [1.54, 1.807) is 0 Å². The van der Waals surface area contributed by atoms with Gasteiger partial charge >= 0.3 is 5.97 Å². The molecule has 1 aliphatic heterocycles. The van der Waals surface area contributed by atoms with Crippen molar-refractivity contribution in [2.75, 3.05) is 13.2 Å². The van der Waals surface area contributed by atoms with Crippen molar-refractivity contribution in [2.24, 2.45) is 5.73 Å². The molecule has 0 radical (unpaired) electrons. The number of nitrogens with two attached hydrogens (primary N) is 1. The maximum Gasteiger partial charge on any atom is 0.323 e. The van der Waals surface area contributed by atoms with Gasteiger partial charge in [-0.1, -0.05) is 36.8 Å². The van der Waals surface area contributed by atoms with E-state index in [1.807, 2.05) is 35.2 Å². The Labute approximate surface area is 108 Å². The Morgan fingerprint density at radius 3 is 2.83 bits per heavy atom. The summed E-state index contributed by atoms with van der Waals surface area (Å²) in [5, 5.41) is 0. The van der Waals surface area contributed by atoms with Crippen molar-refractivity contribution in [2.45, 2.75) is 31.9 Å². The second kappa shape index (κ2) is 6.52. The molecule has 4 nitrogen and oxygen atoms in total. The molecule has 1 saturated heterocycles. The van der Waals surface area contributed by atoms with Crippen LogP contribution in [0.3, 0.4) is 0 Å². The van der Waals surface area contributed by atoms with Gasteiger partial charge in [-0.25, -0.2) is 0 Å².